The summed E-state index contributed by atoms with van der Waals surface area (Å²) in [6, 6.07) is 7.00. The number of H-pyrrole nitrogens is 1. The summed E-state index contributed by atoms with van der Waals surface area (Å²) in [4.78, 5) is 25.0. The van der Waals surface area contributed by atoms with E-state index < -0.39 is 11.2 Å². The molecule has 0 spiro atoms. The molecule has 0 saturated heterocycles. The number of benzene rings is 1. The lowest BCUT2D eigenvalue weighted by atomic mass is 10.2. The molecule has 0 aliphatic rings. The van der Waals surface area contributed by atoms with Crippen LogP contribution in [0.15, 0.2) is 50.7 Å². The smallest absolute Gasteiger partial charge is 0.333 e. The molecule has 2 aromatic heterocycles. The Bertz CT molecular complexity index is 844. The maximum absolute atomic E-state index is 11.7. The number of fused-ring (bicyclic) bond motifs is 1. The van der Waals surface area contributed by atoms with Gasteiger partial charge in [0.15, 0.2) is 0 Å². The lowest BCUT2D eigenvalue weighted by Crippen LogP contribution is -2.27. The van der Waals surface area contributed by atoms with Gasteiger partial charge in [-0.3, -0.25) is 14.3 Å². The minimum Gasteiger partial charge on any atom is -0.462 e. The van der Waals surface area contributed by atoms with Crippen molar-refractivity contribution in [2.45, 2.75) is 0 Å². The molecule has 3 rings (SSSR count). The van der Waals surface area contributed by atoms with Crippen LogP contribution < -0.4 is 11.2 Å². The van der Waals surface area contributed by atoms with Crippen LogP contribution in [-0.2, 0) is 0 Å². The molecule has 0 atom stereocenters. The zero-order valence-corrected chi connectivity index (χ0v) is 11.2. The summed E-state index contributed by atoms with van der Waals surface area (Å²) in [7, 11) is 0. The van der Waals surface area contributed by atoms with Crippen LogP contribution in [0, 0.1) is 3.57 Å². The number of hydrogen-bond acceptors (Lipinski definition) is 3. The maximum Gasteiger partial charge on any atom is 0.333 e. The van der Waals surface area contributed by atoms with Gasteiger partial charge in [0.2, 0.25) is 0 Å². The first-order valence-corrected chi connectivity index (χ1v) is 6.22. The molecule has 1 N–H and O–H groups in total. The van der Waals surface area contributed by atoms with Gasteiger partial charge in [-0.1, -0.05) is 0 Å². The SMILES string of the molecule is O=c1ccn(-c2coc3cc(I)ccc23)c(=O)[nH]1. The van der Waals surface area contributed by atoms with E-state index in [1.54, 1.807) is 0 Å². The topological polar surface area (TPSA) is 68.0 Å². The predicted molar refractivity (Wildman–Crippen MR) is 75.1 cm³/mol. The van der Waals surface area contributed by atoms with Crippen LogP contribution in [0.25, 0.3) is 16.7 Å². The van der Waals surface area contributed by atoms with Crippen molar-refractivity contribution in [3.8, 4) is 5.69 Å². The van der Waals surface area contributed by atoms with E-state index in [0.29, 0.717) is 11.3 Å². The van der Waals surface area contributed by atoms with E-state index in [1.165, 1.54) is 23.1 Å². The third-order valence-corrected chi connectivity index (χ3v) is 3.27. The average molecular weight is 354 g/mol. The molecule has 0 saturated carbocycles. The van der Waals surface area contributed by atoms with Gasteiger partial charge in [0, 0.05) is 21.2 Å². The fraction of sp³-hybridized carbons (Fsp3) is 0. The average Bonchev–Trinajstić information content (AvgIpc) is 2.72. The molecule has 0 fully saturated rings. The van der Waals surface area contributed by atoms with Crippen molar-refractivity contribution >= 4 is 33.6 Å². The highest BCUT2D eigenvalue weighted by atomic mass is 127. The molecular formula is C12H7IN2O3. The van der Waals surface area contributed by atoms with Crippen molar-refractivity contribution in [2.24, 2.45) is 0 Å². The first-order chi connectivity index (χ1) is 8.65. The van der Waals surface area contributed by atoms with Crippen molar-refractivity contribution in [3.05, 3.63) is 61.1 Å². The van der Waals surface area contributed by atoms with E-state index in [0.717, 1.165) is 8.96 Å². The second-order valence-electron chi connectivity index (χ2n) is 3.74. The summed E-state index contributed by atoms with van der Waals surface area (Å²) in [5.74, 6) is 0. The van der Waals surface area contributed by atoms with E-state index in [4.69, 9.17) is 4.42 Å². The largest absolute Gasteiger partial charge is 0.462 e. The highest BCUT2D eigenvalue weighted by Gasteiger charge is 2.09. The van der Waals surface area contributed by atoms with Crippen molar-refractivity contribution in [1.29, 1.82) is 0 Å². The molecular weight excluding hydrogens is 347 g/mol. The van der Waals surface area contributed by atoms with Crippen molar-refractivity contribution < 1.29 is 4.42 Å². The van der Waals surface area contributed by atoms with Gasteiger partial charge in [0.25, 0.3) is 5.56 Å². The minimum absolute atomic E-state index is 0.418. The first-order valence-electron chi connectivity index (χ1n) is 5.14. The van der Waals surface area contributed by atoms with Gasteiger partial charge in [0.05, 0.1) is 5.69 Å². The van der Waals surface area contributed by atoms with Crippen LogP contribution in [0.2, 0.25) is 0 Å². The normalized spacial score (nSPS) is 10.9. The van der Waals surface area contributed by atoms with Gasteiger partial charge in [0.1, 0.15) is 11.8 Å². The van der Waals surface area contributed by atoms with Crippen LogP contribution in [-0.4, -0.2) is 9.55 Å². The van der Waals surface area contributed by atoms with Gasteiger partial charge >= 0.3 is 5.69 Å². The van der Waals surface area contributed by atoms with Crippen LogP contribution in [0.1, 0.15) is 0 Å². The molecule has 0 aliphatic heterocycles. The minimum atomic E-state index is -0.483. The van der Waals surface area contributed by atoms with Crippen LogP contribution in [0.5, 0.6) is 0 Å². The number of nitrogens with zero attached hydrogens (tertiary/aromatic N) is 1. The highest BCUT2D eigenvalue weighted by Crippen LogP contribution is 2.24. The molecule has 18 heavy (non-hydrogen) atoms. The molecule has 0 aliphatic carbocycles. The van der Waals surface area contributed by atoms with E-state index in [9.17, 15) is 9.59 Å². The highest BCUT2D eigenvalue weighted by molar-refractivity contribution is 14.1. The third kappa shape index (κ3) is 1.78. The summed E-state index contributed by atoms with van der Waals surface area (Å²) in [6.45, 7) is 0. The molecule has 1 aromatic carbocycles. The molecule has 3 aromatic rings. The number of furan rings is 1. The molecule has 90 valence electrons. The van der Waals surface area contributed by atoms with Crippen LogP contribution >= 0.6 is 22.6 Å². The monoisotopic (exact) mass is 354 g/mol. The predicted octanol–water partition coefficient (Wildman–Crippen LogP) is 1.88. The summed E-state index contributed by atoms with van der Waals surface area (Å²) < 4.78 is 7.81. The van der Waals surface area contributed by atoms with Crippen molar-refractivity contribution in [1.82, 2.24) is 9.55 Å². The number of hydrogen-bond donors (Lipinski definition) is 1. The van der Waals surface area contributed by atoms with Crippen molar-refractivity contribution in [2.75, 3.05) is 0 Å². The molecule has 6 heteroatoms. The van der Waals surface area contributed by atoms with Gasteiger partial charge in [-0.15, -0.1) is 0 Å². The fourth-order valence-electron chi connectivity index (χ4n) is 1.78. The summed E-state index contributed by atoms with van der Waals surface area (Å²) in [6.07, 6.45) is 2.93. The number of rotatable bonds is 1. The number of aromatic amines is 1. The van der Waals surface area contributed by atoms with Crippen molar-refractivity contribution in [3.63, 3.8) is 0 Å². The third-order valence-electron chi connectivity index (χ3n) is 2.60. The molecule has 0 radical (unpaired) electrons. The second kappa shape index (κ2) is 4.13. The van der Waals surface area contributed by atoms with Gasteiger partial charge < -0.3 is 4.42 Å². The summed E-state index contributed by atoms with van der Waals surface area (Å²) >= 11 is 2.19. The van der Waals surface area contributed by atoms with E-state index in [1.807, 2.05) is 18.2 Å². The Hall–Kier alpha value is -1.83. The van der Waals surface area contributed by atoms with E-state index in [-0.39, 0.29) is 0 Å². The molecule has 0 amide bonds. The second-order valence-corrected chi connectivity index (χ2v) is 4.99. The lowest BCUT2D eigenvalue weighted by Gasteiger charge is -2.00. The molecule has 0 bridgehead atoms. The van der Waals surface area contributed by atoms with Crippen LogP contribution in [0.3, 0.4) is 0 Å². The maximum atomic E-state index is 11.7. The molecule has 2 heterocycles. The Balaban J connectivity index is 2.32. The zero-order chi connectivity index (χ0) is 12.7. The number of aromatic nitrogens is 2. The standard InChI is InChI=1S/C12H7IN2O3/c13-7-1-2-8-9(6-18-10(8)5-7)15-4-3-11(16)14-12(15)17/h1-6H,(H,14,16,17). The summed E-state index contributed by atoms with van der Waals surface area (Å²) in [5.41, 5.74) is 0.417. The Kier molecular flexibility index (Phi) is 2.58. The van der Waals surface area contributed by atoms with Gasteiger partial charge in [-0.25, -0.2) is 4.79 Å². The number of nitrogens with one attached hydrogen (secondary N) is 1. The Morgan fingerprint density at radius 1 is 1.22 bits per heavy atom. The van der Waals surface area contributed by atoms with Gasteiger partial charge in [-0.05, 0) is 40.8 Å². The van der Waals surface area contributed by atoms with Crippen LogP contribution in [0.4, 0.5) is 0 Å². The number of halogens is 1. The lowest BCUT2D eigenvalue weighted by molar-refractivity contribution is 0.611. The zero-order valence-electron chi connectivity index (χ0n) is 9.01. The Morgan fingerprint density at radius 2 is 2.06 bits per heavy atom. The summed E-state index contributed by atoms with van der Waals surface area (Å²) in [5, 5.41) is 0.824. The first kappa shape index (κ1) is 11.3. The Morgan fingerprint density at radius 3 is 2.83 bits per heavy atom. The molecule has 5 nitrogen and oxygen atoms in total. The quantitative estimate of drug-likeness (QED) is 0.679. The van der Waals surface area contributed by atoms with E-state index >= 15 is 0 Å². The molecule has 0 unspecified atom stereocenters. The Labute approximate surface area is 114 Å². The van der Waals surface area contributed by atoms with Gasteiger partial charge in [-0.2, -0.15) is 0 Å². The van der Waals surface area contributed by atoms with E-state index in [2.05, 4.69) is 27.6 Å². The fourth-order valence-corrected chi connectivity index (χ4v) is 2.24.